The molecule has 9 heteroatoms. The van der Waals surface area contributed by atoms with Crippen LogP contribution in [0.5, 0.6) is 0 Å². The van der Waals surface area contributed by atoms with Crippen molar-refractivity contribution in [1.29, 1.82) is 0 Å². The van der Waals surface area contributed by atoms with E-state index in [1.165, 1.54) is 16.4 Å². The van der Waals surface area contributed by atoms with Crippen molar-refractivity contribution >= 4 is 32.5 Å². The summed E-state index contributed by atoms with van der Waals surface area (Å²) in [6.07, 6.45) is 2.73. The predicted molar refractivity (Wildman–Crippen MR) is 124 cm³/mol. The Kier molecular flexibility index (Phi) is 5.76. The second-order valence-corrected chi connectivity index (χ2v) is 10.3. The second kappa shape index (κ2) is 8.72. The highest BCUT2D eigenvalue weighted by molar-refractivity contribution is 7.89. The number of hydrogen-bond acceptors (Lipinski definition) is 5. The number of pyridine rings is 1. The van der Waals surface area contributed by atoms with Gasteiger partial charge in [-0.3, -0.25) is 9.78 Å². The third kappa shape index (κ3) is 4.06. The number of carbonyl (C=O) groups is 1. The molecule has 1 atom stereocenters. The summed E-state index contributed by atoms with van der Waals surface area (Å²) in [5, 5.41) is 0.748. The molecule has 3 aromatic rings. The van der Waals surface area contributed by atoms with E-state index in [0.29, 0.717) is 51.1 Å². The normalized spacial score (nSPS) is 19.8. The Morgan fingerprint density at radius 2 is 1.67 bits per heavy atom. The van der Waals surface area contributed by atoms with Crippen LogP contribution in [0.15, 0.2) is 65.7 Å². The number of hydrogen-bond donors (Lipinski definition) is 0. The van der Waals surface area contributed by atoms with Crippen LogP contribution in [0.3, 0.4) is 0 Å². The van der Waals surface area contributed by atoms with Crippen molar-refractivity contribution in [2.24, 2.45) is 0 Å². The summed E-state index contributed by atoms with van der Waals surface area (Å²) in [5.74, 6) is -0.431. The molecule has 0 aliphatic carbocycles. The lowest BCUT2D eigenvalue weighted by Crippen LogP contribution is -2.54. The number of nitrogens with zero attached hydrogens (tertiary/aromatic N) is 4. The Labute approximate surface area is 192 Å². The van der Waals surface area contributed by atoms with E-state index >= 15 is 0 Å². The summed E-state index contributed by atoms with van der Waals surface area (Å²) in [7, 11) is -3.88. The van der Waals surface area contributed by atoms with E-state index in [9.17, 15) is 17.6 Å². The minimum Gasteiger partial charge on any atom is -0.368 e. The van der Waals surface area contributed by atoms with Gasteiger partial charge in [0.05, 0.1) is 5.52 Å². The lowest BCUT2D eigenvalue weighted by Gasteiger charge is -2.38. The molecule has 172 valence electrons. The van der Waals surface area contributed by atoms with Gasteiger partial charge in [0, 0.05) is 50.0 Å². The first-order chi connectivity index (χ1) is 15.9. The van der Waals surface area contributed by atoms with E-state index < -0.39 is 16.1 Å². The van der Waals surface area contributed by atoms with E-state index in [-0.39, 0.29) is 16.6 Å². The number of fused-ring (bicyclic) bond motifs is 1. The monoisotopic (exact) mass is 468 g/mol. The van der Waals surface area contributed by atoms with Crippen LogP contribution in [-0.2, 0) is 14.8 Å². The van der Waals surface area contributed by atoms with Crippen molar-refractivity contribution in [3.63, 3.8) is 0 Å². The molecule has 0 spiro atoms. The van der Waals surface area contributed by atoms with E-state index in [1.54, 1.807) is 41.4 Å². The number of aromatic nitrogens is 1. The van der Waals surface area contributed by atoms with Crippen molar-refractivity contribution in [3.8, 4) is 0 Å². The smallest absolute Gasteiger partial charge is 0.245 e. The number of carbonyl (C=O) groups excluding carboxylic acids is 1. The van der Waals surface area contributed by atoms with Crippen LogP contribution in [0.2, 0.25) is 0 Å². The first-order valence-corrected chi connectivity index (χ1v) is 12.5. The summed E-state index contributed by atoms with van der Waals surface area (Å²) in [5.41, 5.74) is 1.34. The van der Waals surface area contributed by atoms with Gasteiger partial charge >= 0.3 is 0 Å². The Bertz CT molecular complexity index is 1270. The fourth-order valence-electron chi connectivity index (χ4n) is 4.73. The Hall–Kier alpha value is -3.04. The topological polar surface area (TPSA) is 73.8 Å². The Balaban J connectivity index is 1.33. The highest BCUT2D eigenvalue weighted by atomic mass is 32.2. The van der Waals surface area contributed by atoms with Gasteiger partial charge in [0.15, 0.2) is 0 Å². The summed E-state index contributed by atoms with van der Waals surface area (Å²) in [4.78, 5) is 21.7. The van der Waals surface area contributed by atoms with Gasteiger partial charge in [-0.25, -0.2) is 12.8 Å². The first kappa shape index (κ1) is 21.8. The van der Waals surface area contributed by atoms with Gasteiger partial charge in [-0.05, 0) is 49.2 Å². The molecule has 0 N–H and O–H groups in total. The van der Waals surface area contributed by atoms with Crippen LogP contribution in [0.4, 0.5) is 10.1 Å². The zero-order chi connectivity index (χ0) is 23.0. The van der Waals surface area contributed by atoms with E-state index in [2.05, 4.69) is 9.88 Å². The molecule has 2 aliphatic heterocycles. The van der Waals surface area contributed by atoms with Crippen LogP contribution in [0, 0.1) is 5.82 Å². The van der Waals surface area contributed by atoms with E-state index in [4.69, 9.17) is 0 Å². The zero-order valence-electron chi connectivity index (χ0n) is 18.1. The molecule has 1 aromatic heterocycles. The molecule has 1 amide bonds. The SMILES string of the molecule is O=C([C@H]1CCCN1S(=O)(=O)c1cccc2cccnc12)N1CCN(c2ccc(F)cc2)CC1. The lowest BCUT2D eigenvalue weighted by atomic mass is 10.1. The number of halogens is 1. The molecule has 0 bridgehead atoms. The number of sulfonamides is 1. The molecule has 0 unspecified atom stereocenters. The lowest BCUT2D eigenvalue weighted by molar-refractivity contribution is -0.134. The number of anilines is 1. The van der Waals surface area contributed by atoms with Crippen molar-refractivity contribution in [2.75, 3.05) is 37.6 Å². The maximum atomic E-state index is 13.6. The molecular formula is C24H25FN4O3S. The fraction of sp³-hybridized carbons (Fsp3) is 0.333. The van der Waals surface area contributed by atoms with Gasteiger partial charge in [-0.15, -0.1) is 0 Å². The summed E-state index contributed by atoms with van der Waals surface area (Å²) in [6.45, 7) is 2.54. The summed E-state index contributed by atoms with van der Waals surface area (Å²) in [6, 6.07) is 14.3. The Morgan fingerprint density at radius 1 is 0.939 bits per heavy atom. The molecule has 33 heavy (non-hydrogen) atoms. The zero-order valence-corrected chi connectivity index (χ0v) is 18.9. The third-order valence-electron chi connectivity index (χ3n) is 6.45. The standard InChI is InChI=1S/C24H25FN4O3S/c25-19-8-10-20(11-9-19)27-14-16-28(17-15-27)24(30)21-6-3-13-29(21)33(31,32)22-7-1-4-18-5-2-12-26-23(18)22/h1-2,4-5,7-12,21H,3,6,13-17H2/t21-/m1/s1. The fourth-order valence-corrected chi connectivity index (χ4v) is 6.55. The summed E-state index contributed by atoms with van der Waals surface area (Å²) >= 11 is 0. The van der Waals surface area contributed by atoms with E-state index in [0.717, 1.165) is 11.1 Å². The summed E-state index contributed by atoms with van der Waals surface area (Å²) < 4.78 is 41.7. The molecule has 7 nitrogen and oxygen atoms in total. The molecule has 5 rings (SSSR count). The second-order valence-electron chi connectivity index (χ2n) is 8.39. The maximum Gasteiger partial charge on any atom is 0.245 e. The van der Waals surface area contributed by atoms with Gasteiger partial charge in [0.25, 0.3) is 0 Å². The van der Waals surface area contributed by atoms with Crippen LogP contribution in [0.25, 0.3) is 10.9 Å². The van der Waals surface area contributed by atoms with Gasteiger partial charge in [-0.2, -0.15) is 4.31 Å². The maximum absolute atomic E-state index is 13.6. The molecular weight excluding hydrogens is 443 g/mol. The third-order valence-corrected chi connectivity index (χ3v) is 8.39. The minimum atomic E-state index is -3.88. The van der Waals surface area contributed by atoms with Crippen molar-refractivity contribution < 1.29 is 17.6 Å². The first-order valence-electron chi connectivity index (χ1n) is 11.1. The molecule has 2 saturated heterocycles. The Morgan fingerprint density at radius 3 is 2.42 bits per heavy atom. The van der Waals surface area contributed by atoms with Crippen LogP contribution < -0.4 is 4.90 Å². The number of benzene rings is 2. The molecule has 0 radical (unpaired) electrons. The number of piperazine rings is 1. The van der Waals surface area contributed by atoms with Gasteiger partial charge < -0.3 is 9.80 Å². The highest BCUT2D eigenvalue weighted by Gasteiger charge is 2.42. The van der Waals surface area contributed by atoms with Crippen LogP contribution in [0.1, 0.15) is 12.8 Å². The molecule has 2 fully saturated rings. The average molecular weight is 469 g/mol. The minimum absolute atomic E-state index is 0.140. The molecule has 2 aliphatic rings. The largest absolute Gasteiger partial charge is 0.368 e. The number of amides is 1. The van der Waals surface area contributed by atoms with E-state index in [1.807, 2.05) is 12.1 Å². The van der Waals surface area contributed by atoms with Gasteiger partial charge in [0.1, 0.15) is 16.8 Å². The number of para-hydroxylation sites is 1. The van der Waals surface area contributed by atoms with Crippen molar-refractivity contribution in [3.05, 3.63) is 66.6 Å². The highest BCUT2D eigenvalue weighted by Crippen LogP contribution is 2.31. The van der Waals surface area contributed by atoms with Gasteiger partial charge in [-0.1, -0.05) is 18.2 Å². The molecule has 0 saturated carbocycles. The van der Waals surface area contributed by atoms with Crippen molar-refractivity contribution in [1.82, 2.24) is 14.2 Å². The number of rotatable bonds is 4. The van der Waals surface area contributed by atoms with Crippen LogP contribution in [-0.4, -0.2) is 67.3 Å². The average Bonchev–Trinajstić information content (AvgIpc) is 3.35. The van der Waals surface area contributed by atoms with Crippen LogP contribution >= 0.6 is 0 Å². The van der Waals surface area contributed by atoms with Gasteiger partial charge in [0.2, 0.25) is 15.9 Å². The molecule has 2 aromatic carbocycles. The predicted octanol–water partition coefficient (Wildman–Crippen LogP) is 2.88. The van der Waals surface area contributed by atoms with Crippen molar-refractivity contribution in [2.45, 2.75) is 23.8 Å². The molecule has 3 heterocycles. The quantitative estimate of drug-likeness (QED) is 0.589.